The summed E-state index contributed by atoms with van der Waals surface area (Å²) in [7, 11) is 0. The lowest BCUT2D eigenvalue weighted by Crippen LogP contribution is -2.12. The summed E-state index contributed by atoms with van der Waals surface area (Å²) >= 11 is 5.96. The van der Waals surface area contributed by atoms with Crippen LogP contribution < -0.4 is 0 Å². The Morgan fingerprint density at radius 3 is 2.19 bits per heavy atom. The highest BCUT2D eigenvalue weighted by Gasteiger charge is 2.23. The van der Waals surface area contributed by atoms with Gasteiger partial charge < -0.3 is 4.42 Å². The Morgan fingerprint density at radius 2 is 1.69 bits per heavy atom. The van der Waals surface area contributed by atoms with E-state index in [1.54, 1.807) is 6.07 Å². The number of nitrogens with zero attached hydrogens (tertiary/aromatic N) is 1. The Kier molecular flexibility index (Phi) is 6.25. The van der Waals surface area contributed by atoms with Crippen molar-refractivity contribution in [2.45, 2.75) is 53.4 Å². The number of carbonyl (C=O) groups is 1. The van der Waals surface area contributed by atoms with Crippen LogP contribution in [0.2, 0.25) is 5.02 Å². The summed E-state index contributed by atoms with van der Waals surface area (Å²) in [4.78, 5) is 16.3. The monoisotopic (exact) mass is 371 g/mol. The zero-order chi connectivity index (χ0) is 19.5. The van der Waals surface area contributed by atoms with Crippen molar-refractivity contribution in [2.24, 2.45) is 0 Å². The first-order valence-electron chi connectivity index (χ1n) is 8.89. The van der Waals surface area contributed by atoms with E-state index in [4.69, 9.17) is 16.0 Å². The van der Waals surface area contributed by atoms with Gasteiger partial charge in [-0.05, 0) is 23.6 Å². The van der Waals surface area contributed by atoms with Gasteiger partial charge in [0.15, 0.2) is 17.1 Å². The largest absolute Gasteiger partial charge is 0.451 e. The summed E-state index contributed by atoms with van der Waals surface area (Å²) in [5.41, 5.74) is 4.10. The molecule has 0 saturated carbocycles. The van der Waals surface area contributed by atoms with Crippen molar-refractivity contribution < 1.29 is 9.21 Å². The summed E-state index contributed by atoms with van der Waals surface area (Å²) in [6.45, 7) is 12.1. The zero-order valence-corrected chi connectivity index (χ0v) is 17.1. The van der Waals surface area contributed by atoms with Gasteiger partial charge in [-0.15, -0.1) is 0 Å². The Hall–Kier alpha value is -2.13. The van der Waals surface area contributed by atoms with E-state index < -0.39 is 0 Å². The molecule has 0 fully saturated rings. The van der Waals surface area contributed by atoms with E-state index in [1.807, 2.05) is 30.3 Å². The smallest absolute Gasteiger partial charge is 0.195 e. The maximum Gasteiger partial charge on any atom is 0.195 e. The van der Waals surface area contributed by atoms with Crippen LogP contribution in [0.1, 0.15) is 64.1 Å². The zero-order valence-electron chi connectivity index (χ0n) is 16.3. The van der Waals surface area contributed by atoms with E-state index in [9.17, 15) is 4.79 Å². The van der Waals surface area contributed by atoms with Gasteiger partial charge in [0, 0.05) is 29.1 Å². The predicted octanol–water partition coefficient (Wildman–Crippen LogP) is 7.06. The number of halogens is 1. The Balaban J connectivity index is 0.000000758. The average molecular weight is 372 g/mol. The fourth-order valence-electron chi connectivity index (χ4n) is 2.52. The molecule has 0 amide bonds. The van der Waals surface area contributed by atoms with E-state index in [1.165, 1.54) is 13.3 Å². The first kappa shape index (κ1) is 20.2. The van der Waals surface area contributed by atoms with E-state index in [0.29, 0.717) is 21.9 Å². The van der Waals surface area contributed by atoms with Crippen LogP contribution in [0, 0.1) is 0 Å². The highest BCUT2D eigenvalue weighted by molar-refractivity contribution is 6.30. The van der Waals surface area contributed by atoms with Crippen LogP contribution in [-0.4, -0.2) is 10.8 Å². The maximum atomic E-state index is 11.6. The number of Topliss-reactive ketones (excluding diaryl/α,β-unsaturated/α-hetero) is 1. The third-order valence-electron chi connectivity index (χ3n) is 3.77. The van der Waals surface area contributed by atoms with Crippen molar-refractivity contribution in [3.05, 3.63) is 52.7 Å². The molecule has 0 spiro atoms. The van der Waals surface area contributed by atoms with Gasteiger partial charge in [0.2, 0.25) is 0 Å². The third kappa shape index (κ3) is 4.53. The van der Waals surface area contributed by atoms with E-state index in [0.717, 1.165) is 16.8 Å². The predicted molar refractivity (Wildman–Crippen MR) is 109 cm³/mol. The van der Waals surface area contributed by atoms with E-state index >= 15 is 0 Å². The Morgan fingerprint density at radius 1 is 1.12 bits per heavy atom. The van der Waals surface area contributed by atoms with E-state index in [2.05, 4.69) is 39.6 Å². The molecule has 0 atom stereocenters. The van der Waals surface area contributed by atoms with Gasteiger partial charge in [-0.2, -0.15) is 0 Å². The second-order valence-corrected chi connectivity index (χ2v) is 7.84. The topological polar surface area (TPSA) is 43.1 Å². The summed E-state index contributed by atoms with van der Waals surface area (Å²) in [5.74, 6) is 0.238. The first-order chi connectivity index (χ1) is 12.2. The van der Waals surface area contributed by atoms with Crippen LogP contribution in [0.15, 0.2) is 40.8 Å². The van der Waals surface area contributed by atoms with Crippen molar-refractivity contribution in [3.8, 4) is 11.3 Å². The minimum atomic E-state index is -0.131. The van der Waals surface area contributed by atoms with Gasteiger partial charge in [0.1, 0.15) is 5.52 Å². The highest BCUT2D eigenvalue weighted by atomic mass is 35.5. The number of furan rings is 1. The molecule has 0 unspecified atom stereocenters. The molecule has 0 N–H and O–H groups in total. The Labute approximate surface area is 160 Å². The summed E-state index contributed by atoms with van der Waals surface area (Å²) in [5, 5.41) is 0.688. The molecule has 0 radical (unpaired) electrons. The molecular weight excluding hydrogens is 346 g/mol. The van der Waals surface area contributed by atoms with Crippen LogP contribution in [0.25, 0.3) is 22.4 Å². The minimum absolute atomic E-state index is 0.101. The van der Waals surface area contributed by atoms with Gasteiger partial charge in [-0.1, -0.05) is 64.8 Å². The number of ketones is 1. The summed E-state index contributed by atoms with van der Waals surface area (Å²) in [6.07, 6.45) is 1.25. The number of pyridine rings is 1. The van der Waals surface area contributed by atoms with E-state index in [-0.39, 0.29) is 11.2 Å². The maximum absolute atomic E-state index is 11.6. The van der Waals surface area contributed by atoms with Crippen LogP contribution >= 0.6 is 11.6 Å². The lowest BCUT2D eigenvalue weighted by molar-refractivity contribution is 0.0989. The molecule has 3 aromatic rings. The van der Waals surface area contributed by atoms with Crippen LogP contribution in [-0.2, 0) is 5.41 Å². The van der Waals surface area contributed by atoms with Crippen LogP contribution in [0.4, 0.5) is 0 Å². The standard InChI is InChI=1S/C19H18ClNO2.C3H8/c1-11(22)17-10-16-18(23-17)14(19(2,3)4)9-15(21-16)12-5-7-13(20)8-6-12;1-3-2/h5-10H,1-4H3;3H2,1-2H3. The fourth-order valence-corrected chi connectivity index (χ4v) is 2.65. The van der Waals surface area contributed by atoms with Crippen molar-refractivity contribution in [3.63, 3.8) is 0 Å². The van der Waals surface area contributed by atoms with Crippen LogP contribution in [0.3, 0.4) is 0 Å². The molecule has 0 aliphatic carbocycles. The van der Waals surface area contributed by atoms with Crippen molar-refractivity contribution in [2.75, 3.05) is 0 Å². The summed E-state index contributed by atoms with van der Waals surface area (Å²) in [6, 6.07) is 11.3. The minimum Gasteiger partial charge on any atom is -0.451 e. The molecule has 3 rings (SSSR count). The number of aromatic nitrogens is 1. The number of rotatable bonds is 2. The molecule has 3 nitrogen and oxygen atoms in total. The lowest BCUT2D eigenvalue weighted by Gasteiger charge is -2.20. The highest BCUT2D eigenvalue weighted by Crippen LogP contribution is 2.34. The number of carbonyl (C=O) groups excluding carboxylic acids is 1. The molecule has 26 heavy (non-hydrogen) atoms. The molecule has 2 aromatic heterocycles. The molecule has 2 heterocycles. The molecule has 0 bridgehead atoms. The third-order valence-corrected chi connectivity index (χ3v) is 4.03. The summed E-state index contributed by atoms with van der Waals surface area (Å²) < 4.78 is 5.76. The van der Waals surface area contributed by atoms with Gasteiger partial charge in [-0.25, -0.2) is 4.98 Å². The Bertz CT molecular complexity index is 902. The van der Waals surface area contributed by atoms with Crippen molar-refractivity contribution in [1.82, 2.24) is 4.98 Å². The average Bonchev–Trinajstić information content (AvgIpc) is 2.98. The second-order valence-electron chi connectivity index (χ2n) is 7.40. The molecular formula is C22H26ClNO2. The molecule has 1 aromatic carbocycles. The van der Waals surface area contributed by atoms with Gasteiger partial charge >= 0.3 is 0 Å². The SMILES string of the molecule is CC(=O)c1cc2nc(-c3ccc(Cl)cc3)cc(C(C)(C)C)c2o1.CCC. The number of fused-ring (bicyclic) bond motifs is 1. The van der Waals surface area contributed by atoms with Gasteiger partial charge in [0.25, 0.3) is 0 Å². The number of hydrogen-bond acceptors (Lipinski definition) is 3. The molecule has 138 valence electrons. The van der Waals surface area contributed by atoms with Crippen molar-refractivity contribution >= 4 is 28.5 Å². The van der Waals surface area contributed by atoms with Gasteiger partial charge in [-0.3, -0.25) is 4.79 Å². The second kappa shape index (κ2) is 8.05. The molecule has 0 aliphatic rings. The van der Waals surface area contributed by atoms with Crippen molar-refractivity contribution in [1.29, 1.82) is 0 Å². The van der Waals surface area contributed by atoms with Crippen LogP contribution in [0.5, 0.6) is 0 Å². The van der Waals surface area contributed by atoms with Gasteiger partial charge in [0.05, 0.1) is 5.69 Å². The molecule has 0 saturated heterocycles. The molecule has 0 aliphatic heterocycles. The number of hydrogen-bond donors (Lipinski definition) is 0. The molecule has 4 heteroatoms. The normalized spacial score (nSPS) is 11.2. The first-order valence-corrected chi connectivity index (χ1v) is 9.27. The fraction of sp³-hybridized carbons (Fsp3) is 0.364. The lowest BCUT2D eigenvalue weighted by atomic mass is 9.86. The quantitative estimate of drug-likeness (QED) is 0.452. The number of benzene rings is 1.